The Balaban J connectivity index is 1.44. The molecule has 0 spiro atoms. The van der Waals surface area contributed by atoms with Crippen LogP contribution in [0.25, 0.3) is 11.4 Å². The predicted octanol–water partition coefficient (Wildman–Crippen LogP) is 4.83. The number of carbonyl (C=O) groups excluding carboxylic acids is 1. The quantitative estimate of drug-likeness (QED) is 0.455. The Morgan fingerprint density at radius 3 is 2.62 bits per heavy atom. The van der Waals surface area contributed by atoms with Crippen molar-refractivity contribution in [1.82, 2.24) is 15.5 Å². The van der Waals surface area contributed by atoms with Crippen LogP contribution >= 0.6 is 11.6 Å². The van der Waals surface area contributed by atoms with Crippen LogP contribution in [0, 0.1) is 0 Å². The zero-order valence-corrected chi connectivity index (χ0v) is 17.6. The zero-order valence-electron chi connectivity index (χ0n) is 16.8. The lowest BCUT2D eigenvalue weighted by atomic mass is 10.1. The monoisotopic (exact) mass is 447 g/mol. The van der Waals surface area contributed by atoms with Gasteiger partial charge in [-0.2, -0.15) is 4.98 Å². The van der Waals surface area contributed by atoms with Crippen LogP contribution in [0.15, 0.2) is 77.3 Å². The summed E-state index contributed by atoms with van der Waals surface area (Å²) in [6, 6.07) is 21.5. The molecule has 1 aliphatic heterocycles. The van der Waals surface area contributed by atoms with Gasteiger partial charge in [-0.1, -0.05) is 59.2 Å². The molecule has 7 nitrogen and oxygen atoms in total. The van der Waals surface area contributed by atoms with E-state index in [4.69, 9.17) is 25.6 Å². The van der Waals surface area contributed by atoms with Crippen LogP contribution in [0.1, 0.15) is 27.9 Å². The van der Waals surface area contributed by atoms with E-state index < -0.39 is 6.04 Å². The minimum absolute atomic E-state index is 0.184. The molecule has 8 heteroatoms. The van der Waals surface area contributed by atoms with Crippen molar-refractivity contribution >= 4 is 17.5 Å². The van der Waals surface area contributed by atoms with Gasteiger partial charge >= 0.3 is 0 Å². The van der Waals surface area contributed by atoms with Gasteiger partial charge < -0.3 is 19.3 Å². The number of nitrogens with zero attached hydrogens (tertiary/aromatic N) is 2. The average Bonchev–Trinajstić information content (AvgIpc) is 3.49. The molecule has 0 saturated heterocycles. The van der Waals surface area contributed by atoms with Crippen molar-refractivity contribution in [3.8, 4) is 22.9 Å². The Morgan fingerprint density at radius 1 is 1.00 bits per heavy atom. The van der Waals surface area contributed by atoms with Gasteiger partial charge in [0, 0.05) is 12.0 Å². The lowest BCUT2D eigenvalue weighted by molar-refractivity contribution is 0.0928. The summed E-state index contributed by atoms with van der Waals surface area (Å²) in [5, 5.41) is 7.46. The van der Waals surface area contributed by atoms with E-state index in [-0.39, 0.29) is 12.7 Å². The van der Waals surface area contributed by atoms with Gasteiger partial charge in [-0.15, -0.1) is 0 Å². The first-order chi connectivity index (χ1) is 15.7. The summed E-state index contributed by atoms with van der Waals surface area (Å²) in [5.41, 5.74) is 2.11. The molecule has 32 heavy (non-hydrogen) atoms. The number of amides is 1. The molecule has 1 N–H and O–H groups in total. The van der Waals surface area contributed by atoms with E-state index in [0.717, 1.165) is 11.1 Å². The number of benzene rings is 3. The molecule has 0 radical (unpaired) electrons. The van der Waals surface area contributed by atoms with Crippen molar-refractivity contribution in [3.05, 3.63) is 94.8 Å². The number of rotatable bonds is 6. The highest BCUT2D eigenvalue weighted by Gasteiger charge is 2.24. The molecule has 3 aromatic carbocycles. The first-order valence-corrected chi connectivity index (χ1v) is 10.4. The number of hydrogen-bond donors (Lipinski definition) is 1. The molecule has 1 aliphatic rings. The average molecular weight is 448 g/mol. The van der Waals surface area contributed by atoms with Gasteiger partial charge in [0.25, 0.3) is 5.91 Å². The van der Waals surface area contributed by atoms with Gasteiger partial charge in [0.2, 0.25) is 18.5 Å². The van der Waals surface area contributed by atoms with Gasteiger partial charge in [-0.3, -0.25) is 4.79 Å². The Kier molecular flexibility index (Phi) is 5.47. The van der Waals surface area contributed by atoms with E-state index in [0.29, 0.717) is 40.2 Å². The summed E-state index contributed by atoms with van der Waals surface area (Å²) in [6.45, 7) is 0.184. The van der Waals surface area contributed by atoms with Gasteiger partial charge in [-0.25, -0.2) is 0 Å². The second-order valence-corrected chi connectivity index (χ2v) is 7.63. The van der Waals surface area contributed by atoms with E-state index in [1.54, 1.807) is 36.4 Å². The van der Waals surface area contributed by atoms with Crippen LogP contribution in [0.2, 0.25) is 5.02 Å². The molecule has 2 heterocycles. The Morgan fingerprint density at radius 2 is 1.78 bits per heavy atom. The molecule has 160 valence electrons. The molecule has 0 aliphatic carbocycles. The first kappa shape index (κ1) is 20.1. The number of fused-ring (bicyclic) bond motifs is 1. The first-order valence-electron chi connectivity index (χ1n) is 10.0. The number of hydrogen-bond acceptors (Lipinski definition) is 6. The minimum Gasteiger partial charge on any atom is -0.454 e. The number of ether oxygens (including phenoxy) is 2. The summed E-state index contributed by atoms with van der Waals surface area (Å²) < 4.78 is 16.3. The Labute approximate surface area is 188 Å². The van der Waals surface area contributed by atoms with Crippen molar-refractivity contribution in [1.29, 1.82) is 0 Å². The smallest absolute Gasteiger partial charge is 0.253 e. The minimum atomic E-state index is -0.545. The lowest BCUT2D eigenvalue weighted by Gasteiger charge is -2.16. The van der Waals surface area contributed by atoms with Crippen LogP contribution in [-0.4, -0.2) is 22.8 Å². The van der Waals surface area contributed by atoms with Crippen LogP contribution in [0.5, 0.6) is 11.5 Å². The molecule has 1 atom stereocenters. The molecule has 0 unspecified atom stereocenters. The fraction of sp³-hybridized carbons (Fsp3) is 0.125. The van der Waals surface area contributed by atoms with Crippen molar-refractivity contribution in [2.45, 2.75) is 12.5 Å². The molecule has 1 amide bonds. The predicted molar refractivity (Wildman–Crippen MR) is 118 cm³/mol. The van der Waals surface area contributed by atoms with E-state index in [2.05, 4.69) is 15.5 Å². The molecule has 4 aromatic rings. The fourth-order valence-corrected chi connectivity index (χ4v) is 3.68. The maximum atomic E-state index is 12.9. The highest BCUT2D eigenvalue weighted by atomic mass is 35.5. The molecule has 5 rings (SSSR count). The van der Waals surface area contributed by atoms with Crippen LogP contribution in [-0.2, 0) is 6.42 Å². The summed E-state index contributed by atoms with van der Waals surface area (Å²) in [7, 11) is 0. The second-order valence-electron chi connectivity index (χ2n) is 7.22. The third-order valence-corrected chi connectivity index (χ3v) is 5.41. The molecular weight excluding hydrogens is 430 g/mol. The summed E-state index contributed by atoms with van der Waals surface area (Å²) in [6.07, 6.45) is 0.472. The van der Waals surface area contributed by atoms with Crippen molar-refractivity contribution in [2.24, 2.45) is 0 Å². The number of halogens is 1. The highest BCUT2D eigenvalue weighted by molar-refractivity contribution is 6.33. The highest BCUT2D eigenvalue weighted by Crippen LogP contribution is 2.35. The van der Waals surface area contributed by atoms with E-state index in [1.807, 2.05) is 36.4 Å². The molecule has 1 aromatic heterocycles. The zero-order chi connectivity index (χ0) is 21.9. The SMILES string of the molecule is O=C(N[C@@H](Cc1ccccc1)c1nc(-c2ccc3c(c2)OCO3)no1)c1ccccc1Cl. The fourth-order valence-electron chi connectivity index (χ4n) is 3.46. The number of carbonyl (C=O) groups is 1. The number of nitrogens with one attached hydrogen (secondary N) is 1. The standard InChI is InChI=1S/C24H18ClN3O4/c25-18-9-5-4-8-17(18)23(29)26-19(12-15-6-2-1-3-7-15)24-27-22(28-32-24)16-10-11-20-21(13-16)31-14-30-20/h1-11,13,19H,12,14H2,(H,26,29)/t19-/m0/s1. The van der Waals surface area contributed by atoms with Gasteiger partial charge in [0.15, 0.2) is 11.5 Å². The van der Waals surface area contributed by atoms with Crippen molar-refractivity contribution < 1.29 is 18.8 Å². The Bertz CT molecular complexity index is 1260. The number of aromatic nitrogens is 2. The summed E-state index contributed by atoms with van der Waals surface area (Å²) in [4.78, 5) is 17.5. The van der Waals surface area contributed by atoms with E-state index >= 15 is 0 Å². The van der Waals surface area contributed by atoms with Gasteiger partial charge in [0.05, 0.1) is 10.6 Å². The molecule has 0 saturated carbocycles. The van der Waals surface area contributed by atoms with Crippen molar-refractivity contribution in [3.63, 3.8) is 0 Å². The molecule has 0 bridgehead atoms. The van der Waals surface area contributed by atoms with Crippen LogP contribution in [0.3, 0.4) is 0 Å². The summed E-state index contributed by atoms with van der Waals surface area (Å²) >= 11 is 6.21. The topological polar surface area (TPSA) is 86.5 Å². The molecule has 0 fully saturated rings. The summed E-state index contributed by atoms with van der Waals surface area (Å²) in [5.74, 6) is 1.66. The second kappa shape index (κ2) is 8.72. The van der Waals surface area contributed by atoms with E-state index in [9.17, 15) is 4.79 Å². The maximum Gasteiger partial charge on any atom is 0.253 e. The van der Waals surface area contributed by atoms with Crippen molar-refractivity contribution in [2.75, 3.05) is 6.79 Å². The van der Waals surface area contributed by atoms with Crippen LogP contribution < -0.4 is 14.8 Å². The normalized spacial score (nSPS) is 13.0. The molecular formula is C24H18ClN3O4. The van der Waals surface area contributed by atoms with E-state index in [1.165, 1.54) is 0 Å². The van der Waals surface area contributed by atoms with Crippen LogP contribution in [0.4, 0.5) is 0 Å². The lowest BCUT2D eigenvalue weighted by Crippen LogP contribution is -2.30. The third kappa shape index (κ3) is 4.15. The largest absolute Gasteiger partial charge is 0.454 e. The Hall–Kier alpha value is -3.84. The third-order valence-electron chi connectivity index (χ3n) is 5.08. The van der Waals surface area contributed by atoms with Gasteiger partial charge in [0.1, 0.15) is 6.04 Å². The maximum absolute atomic E-state index is 12.9. The van der Waals surface area contributed by atoms with Gasteiger partial charge in [-0.05, 0) is 35.9 Å².